The predicted molar refractivity (Wildman–Crippen MR) is 139 cm³/mol. The molecular weight excluding hydrogens is 522 g/mol. The van der Waals surface area contributed by atoms with E-state index in [1.807, 2.05) is 12.1 Å². The molecule has 5 rings (SSSR count). The number of halogens is 3. The summed E-state index contributed by atoms with van der Waals surface area (Å²) in [4.78, 5) is 21.5. The molecule has 0 bridgehead atoms. The first-order chi connectivity index (χ1) is 17.4. The van der Waals surface area contributed by atoms with E-state index < -0.39 is 5.41 Å². The molecule has 2 aromatic heterocycles. The lowest BCUT2D eigenvalue weighted by Crippen LogP contribution is -2.16. The minimum Gasteiger partial charge on any atom is -0.334 e. The number of carbonyl (C=O) groups is 1. The number of pyridine rings is 1. The smallest absolute Gasteiger partial charge is 0.257 e. The summed E-state index contributed by atoms with van der Waals surface area (Å²) in [6.45, 7) is 2.06. The van der Waals surface area contributed by atoms with Crippen LogP contribution in [-0.4, -0.2) is 26.8 Å². The van der Waals surface area contributed by atoms with Crippen LogP contribution in [0.2, 0.25) is 10.0 Å². The van der Waals surface area contributed by atoms with Crippen molar-refractivity contribution in [2.24, 2.45) is 0 Å². The molecule has 2 heterocycles. The van der Waals surface area contributed by atoms with E-state index in [0.29, 0.717) is 38.6 Å². The Kier molecular flexibility index (Phi) is 7.01. The summed E-state index contributed by atoms with van der Waals surface area (Å²) in [6.07, 6.45) is 3.39. The van der Waals surface area contributed by atoms with E-state index in [-0.39, 0.29) is 18.1 Å². The molecule has 1 saturated carbocycles. The summed E-state index contributed by atoms with van der Waals surface area (Å²) in [5.41, 5.74) is 2.06. The van der Waals surface area contributed by atoms with E-state index in [1.54, 1.807) is 42.2 Å². The maximum atomic E-state index is 13.3. The molecule has 36 heavy (non-hydrogen) atoms. The van der Waals surface area contributed by atoms with Crippen LogP contribution in [0.25, 0.3) is 11.5 Å². The second kappa shape index (κ2) is 10.2. The van der Waals surface area contributed by atoms with Gasteiger partial charge < -0.3 is 9.84 Å². The van der Waals surface area contributed by atoms with Gasteiger partial charge in [0, 0.05) is 33.1 Å². The minimum absolute atomic E-state index is 0.181. The molecule has 0 atom stereocenters. The summed E-state index contributed by atoms with van der Waals surface area (Å²) in [5, 5.41) is 8.77. The first-order valence-electron chi connectivity index (χ1n) is 11.3. The number of anilines is 1. The van der Waals surface area contributed by atoms with Crippen molar-refractivity contribution in [3.63, 3.8) is 0 Å². The van der Waals surface area contributed by atoms with Gasteiger partial charge >= 0.3 is 0 Å². The highest BCUT2D eigenvalue weighted by atomic mass is 35.5. The third-order valence-electron chi connectivity index (χ3n) is 5.95. The van der Waals surface area contributed by atoms with Gasteiger partial charge in [-0.25, -0.2) is 9.37 Å². The van der Waals surface area contributed by atoms with Crippen LogP contribution in [0.1, 0.15) is 36.7 Å². The standard InChI is InChI=1S/C26H21Cl2FN4O2S/c1-2-36-22-8-3-15(14-30-22)11-21(34)31-18-12-19(27)23(20(28)13-18)26(9-10-26)25-32-24(35-33-25)16-4-6-17(29)7-5-16/h3-8,12-14H,2,9-11H2,1H3,(H,31,34). The molecule has 1 aliphatic carbocycles. The monoisotopic (exact) mass is 542 g/mol. The van der Waals surface area contributed by atoms with Crippen LogP contribution in [0.3, 0.4) is 0 Å². The Morgan fingerprint density at radius 3 is 2.47 bits per heavy atom. The maximum absolute atomic E-state index is 13.3. The molecule has 2 aromatic carbocycles. The average molecular weight is 543 g/mol. The van der Waals surface area contributed by atoms with Crippen LogP contribution in [0.15, 0.2) is 64.3 Å². The van der Waals surface area contributed by atoms with E-state index in [0.717, 1.165) is 29.2 Å². The Hall–Kier alpha value is -2.94. The lowest BCUT2D eigenvalue weighted by molar-refractivity contribution is -0.115. The van der Waals surface area contributed by atoms with Crippen molar-refractivity contribution in [2.75, 3.05) is 11.1 Å². The van der Waals surface area contributed by atoms with Crippen molar-refractivity contribution in [2.45, 2.75) is 36.6 Å². The van der Waals surface area contributed by atoms with Gasteiger partial charge in [-0.1, -0.05) is 41.3 Å². The maximum Gasteiger partial charge on any atom is 0.257 e. The van der Waals surface area contributed by atoms with Crippen LogP contribution >= 0.6 is 35.0 Å². The van der Waals surface area contributed by atoms with Crippen molar-refractivity contribution in [1.82, 2.24) is 15.1 Å². The number of amides is 1. The van der Waals surface area contributed by atoms with Gasteiger partial charge in [0.15, 0.2) is 5.82 Å². The number of nitrogens with one attached hydrogen (secondary N) is 1. The molecule has 1 amide bonds. The van der Waals surface area contributed by atoms with Gasteiger partial charge in [-0.3, -0.25) is 4.79 Å². The van der Waals surface area contributed by atoms with E-state index >= 15 is 0 Å². The largest absolute Gasteiger partial charge is 0.334 e. The first kappa shape index (κ1) is 24.7. The van der Waals surface area contributed by atoms with Crippen LogP contribution in [0, 0.1) is 5.82 Å². The van der Waals surface area contributed by atoms with Gasteiger partial charge in [-0.15, -0.1) is 11.8 Å². The molecule has 0 unspecified atom stereocenters. The molecule has 1 fully saturated rings. The molecule has 4 aromatic rings. The Bertz CT molecular complexity index is 1380. The molecule has 0 saturated heterocycles. The van der Waals surface area contributed by atoms with Gasteiger partial charge in [-0.05, 0) is 66.6 Å². The fourth-order valence-corrected chi connectivity index (χ4v) is 5.52. The van der Waals surface area contributed by atoms with Crippen LogP contribution in [-0.2, 0) is 16.6 Å². The fourth-order valence-electron chi connectivity index (χ4n) is 4.08. The number of rotatable bonds is 8. The highest BCUT2D eigenvalue weighted by molar-refractivity contribution is 7.99. The second-order valence-corrected chi connectivity index (χ2v) is 10.6. The van der Waals surface area contributed by atoms with Crippen LogP contribution in [0.4, 0.5) is 10.1 Å². The molecule has 184 valence electrons. The van der Waals surface area contributed by atoms with Gasteiger partial charge in [-0.2, -0.15) is 4.98 Å². The quantitative estimate of drug-likeness (QED) is 0.242. The predicted octanol–water partition coefficient (Wildman–Crippen LogP) is 6.95. The minimum atomic E-state index is -0.567. The van der Waals surface area contributed by atoms with E-state index in [9.17, 15) is 9.18 Å². The normalized spacial score (nSPS) is 14.0. The van der Waals surface area contributed by atoms with Crippen molar-refractivity contribution in [3.8, 4) is 11.5 Å². The highest BCUT2D eigenvalue weighted by Gasteiger charge is 2.52. The second-order valence-electron chi connectivity index (χ2n) is 8.49. The van der Waals surface area contributed by atoms with Crippen molar-refractivity contribution in [1.29, 1.82) is 0 Å². The van der Waals surface area contributed by atoms with Crippen LogP contribution < -0.4 is 5.32 Å². The molecule has 0 spiro atoms. The van der Waals surface area contributed by atoms with Gasteiger partial charge in [0.2, 0.25) is 5.91 Å². The summed E-state index contributed by atoms with van der Waals surface area (Å²) in [6, 6.07) is 13.0. The number of nitrogens with zero attached hydrogens (tertiary/aromatic N) is 3. The van der Waals surface area contributed by atoms with Crippen molar-refractivity contribution < 1.29 is 13.7 Å². The van der Waals surface area contributed by atoms with Gasteiger partial charge in [0.25, 0.3) is 5.89 Å². The lowest BCUT2D eigenvalue weighted by atomic mass is 9.94. The molecule has 10 heteroatoms. The molecule has 0 aliphatic heterocycles. The summed E-state index contributed by atoms with van der Waals surface area (Å²) in [5.74, 6) is 1.16. The summed E-state index contributed by atoms with van der Waals surface area (Å²) in [7, 11) is 0. The summed E-state index contributed by atoms with van der Waals surface area (Å²) >= 11 is 15.0. The van der Waals surface area contributed by atoms with Crippen molar-refractivity contribution >= 4 is 46.6 Å². The zero-order valence-corrected chi connectivity index (χ0v) is 21.6. The topological polar surface area (TPSA) is 80.9 Å². The van der Waals surface area contributed by atoms with E-state index in [4.69, 9.17) is 27.7 Å². The number of benzene rings is 2. The lowest BCUT2D eigenvalue weighted by Gasteiger charge is -2.17. The average Bonchev–Trinajstić information content (AvgIpc) is 3.47. The highest BCUT2D eigenvalue weighted by Crippen LogP contribution is 2.57. The first-order valence-corrected chi connectivity index (χ1v) is 13.1. The van der Waals surface area contributed by atoms with Crippen LogP contribution in [0.5, 0.6) is 0 Å². The zero-order chi connectivity index (χ0) is 25.3. The number of hydrogen-bond donors (Lipinski definition) is 1. The third-order valence-corrected chi connectivity index (χ3v) is 7.38. The Labute approximate surface area is 221 Å². The van der Waals surface area contributed by atoms with E-state index in [2.05, 4.69) is 27.4 Å². The third kappa shape index (κ3) is 5.12. The zero-order valence-electron chi connectivity index (χ0n) is 19.2. The Balaban J connectivity index is 1.32. The molecular formula is C26H21Cl2FN4O2S. The van der Waals surface area contributed by atoms with E-state index in [1.165, 1.54) is 12.1 Å². The SMILES string of the molecule is CCSc1ccc(CC(=O)Nc2cc(Cl)c(C3(c4noc(-c5ccc(F)cc5)n4)CC3)c(Cl)c2)cn1. The Morgan fingerprint density at radius 2 is 1.86 bits per heavy atom. The number of hydrogen-bond acceptors (Lipinski definition) is 6. The molecule has 0 radical (unpaired) electrons. The summed E-state index contributed by atoms with van der Waals surface area (Å²) < 4.78 is 18.7. The Morgan fingerprint density at radius 1 is 1.14 bits per heavy atom. The fraction of sp³-hybridized carbons (Fsp3) is 0.231. The molecule has 6 nitrogen and oxygen atoms in total. The molecule has 1 aliphatic rings. The number of carbonyl (C=O) groups excluding carboxylic acids is 1. The van der Waals surface area contributed by atoms with Crippen molar-refractivity contribution in [3.05, 3.63) is 87.5 Å². The van der Waals surface area contributed by atoms with Gasteiger partial charge in [0.05, 0.1) is 16.9 Å². The number of aromatic nitrogens is 3. The number of thioether (sulfide) groups is 1. The van der Waals surface area contributed by atoms with Gasteiger partial charge in [0.1, 0.15) is 5.82 Å². The molecule has 1 N–H and O–H groups in total.